The number of carbonyl (C=O) groups is 1. The highest BCUT2D eigenvalue weighted by atomic mass is 32.2. The van der Waals surface area contributed by atoms with Crippen molar-refractivity contribution in [2.75, 3.05) is 19.0 Å². The summed E-state index contributed by atoms with van der Waals surface area (Å²) in [4.78, 5) is 21.6. The van der Waals surface area contributed by atoms with E-state index in [1.807, 2.05) is 6.08 Å². The number of aliphatic imine (C=N–C) groups is 1. The zero-order chi connectivity index (χ0) is 20.1. The number of likely N-dealkylation sites (N-methyl/N-ethyl adjacent to an activating group) is 1. The van der Waals surface area contributed by atoms with Crippen molar-refractivity contribution in [1.29, 1.82) is 0 Å². The molecule has 2 heterocycles. The molecule has 0 saturated carbocycles. The highest BCUT2D eigenvalue weighted by Gasteiger charge is 2.38. The Hall–Kier alpha value is -1.75. The number of carbonyl (C=O) groups excluding carboxylic acids is 1. The average Bonchev–Trinajstić information content (AvgIpc) is 2.82. The molecule has 146 valence electrons. The molecule has 1 fully saturated rings. The van der Waals surface area contributed by atoms with Gasteiger partial charge in [-0.2, -0.15) is 0 Å². The fourth-order valence-corrected chi connectivity index (χ4v) is 5.56. The van der Waals surface area contributed by atoms with Gasteiger partial charge in [0.2, 0.25) is 0 Å². The predicted octanol–water partition coefficient (Wildman–Crippen LogP) is 5.03. The first-order valence-corrected chi connectivity index (χ1v) is 10.5. The monoisotopic (exact) mass is 385 g/mol. The number of benzene rings is 1. The lowest BCUT2D eigenvalue weighted by Crippen LogP contribution is -2.51. The van der Waals surface area contributed by atoms with Gasteiger partial charge in [-0.15, -0.1) is 0 Å². The molecule has 1 saturated heterocycles. The van der Waals surface area contributed by atoms with Gasteiger partial charge in [0, 0.05) is 31.4 Å². The molecule has 1 atom stereocenters. The quantitative estimate of drug-likeness (QED) is 0.670. The van der Waals surface area contributed by atoms with Gasteiger partial charge in [0.1, 0.15) is 0 Å². The standard InChI is InChI=1S/C22H31N3OS/c1-13(2)25-18-9-14(3)16(10-17(18)15(4)12-22(25,5)6)11-19-20(26)24(8)21(23-7)27-19/h9-11,13,15H,12H2,1-8H3/b19-11-,23-21?. The van der Waals surface area contributed by atoms with Crippen LogP contribution in [0.15, 0.2) is 22.0 Å². The van der Waals surface area contributed by atoms with Gasteiger partial charge in [-0.3, -0.25) is 14.7 Å². The van der Waals surface area contributed by atoms with Crippen LogP contribution in [0.4, 0.5) is 5.69 Å². The molecule has 1 aromatic carbocycles. The van der Waals surface area contributed by atoms with Gasteiger partial charge in [0.15, 0.2) is 5.17 Å². The molecule has 0 aromatic heterocycles. The lowest BCUT2D eigenvalue weighted by Gasteiger charge is -2.50. The second kappa shape index (κ2) is 7.01. The van der Waals surface area contributed by atoms with Crippen molar-refractivity contribution in [3.8, 4) is 0 Å². The topological polar surface area (TPSA) is 35.9 Å². The number of aryl methyl sites for hydroxylation is 1. The third-order valence-corrected chi connectivity index (χ3v) is 6.81. The van der Waals surface area contributed by atoms with Crippen LogP contribution in [0.5, 0.6) is 0 Å². The molecule has 0 N–H and O–H groups in total. The van der Waals surface area contributed by atoms with Gasteiger partial charge >= 0.3 is 0 Å². The maximum atomic E-state index is 12.5. The maximum Gasteiger partial charge on any atom is 0.266 e. The Morgan fingerprint density at radius 1 is 1.33 bits per heavy atom. The molecule has 27 heavy (non-hydrogen) atoms. The Morgan fingerprint density at radius 3 is 2.56 bits per heavy atom. The van der Waals surface area contributed by atoms with Gasteiger partial charge in [0.25, 0.3) is 5.91 Å². The first kappa shape index (κ1) is 20.0. The fraction of sp³-hybridized carbons (Fsp3) is 0.545. The SMILES string of the molecule is CN=C1S/C(=C\c2cc3c(cc2C)N(C(C)C)C(C)(C)CC3C)C(=O)N1C. The Balaban J connectivity index is 2.09. The number of fused-ring (bicyclic) bond motifs is 1. The van der Waals surface area contributed by atoms with E-state index in [0.717, 1.165) is 22.1 Å². The minimum absolute atomic E-state index is 0.0238. The summed E-state index contributed by atoms with van der Waals surface area (Å²) in [6, 6.07) is 5.04. The van der Waals surface area contributed by atoms with Crippen LogP contribution in [0.3, 0.4) is 0 Å². The molecule has 2 aliphatic rings. The summed E-state index contributed by atoms with van der Waals surface area (Å²) in [5.41, 5.74) is 5.19. The normalized spacial score (nSPS) is 25.1. The van der Waals surface area contributed by atoms with Crippen LogP contribution in [-0.4, -0.2) is 41.7 Å². The van der Waals surface area contributed by atoms with Gasteiger partial charge in [-0.05, 0) is 93.6 Å². The third-order valence-electron chi connectivity index (χ3n) is 5.66. The summed E-state index contributed by atoms with van der Waals surface area (Å²) in [5.74, 6) is 0.515. The lowest BCUT2D eigenvalue weighted by molar-refractivity contribution is -0.121. The third kappa shape index (κ3) is 3.42. The Morgan fingerprint density at radius 2 is 2.00 bits per heavy atom. The van der Waals surface area contributed by atoms with E-state index in [2.05, 4.69) is 63.6 Å². The molecule has 0 aliphatic carbocycles. The van der Waals surface area contributed by atoms with Gasteiger partial charge in [0.05, 0.1) is 4.91 Å². The van der Waals surface area contributed by atoms with Crippen molar-refractivity contribution in [1.82, 2.24) is 4.90 Å². The fourth-order valence-electron chi connectivity index (χ4n) is 4.64. The molecule has 1 unspecified atom stereocenters. The highest BCUT2D eigenvalue weighted by molar-refractivity contribution is 8.18. The molecule has 1 amide bonds. The van der Waals surface area contributed by atoms with E-state index in [9.17, 15) is 4.79 Å². The highest BCUT2D eigenvalue weighted by Crippen LogP contribution is 2.46. The zero-order valence-corrected chi connectivity index (χ0v) is 18.6. The summed E-state index contributed by atoms with van der Waals surface area (Å²) in [6.45, 7) is 13.7. The van der Waals surface area contributed by atoms with Gasteiger partial charge < -0.3 is 4.90 Å². The molecule has 0 spiro atoms. The molecule has 2 aliphatic heterocycles. The Bertz CT molecular complexity index is 838. The van der Waals surface area contributed by atoms with Crippen molar-refractivity contribution in [2.24, 2.45) is 4.99 Å². The second-order valence-electron chi connectivity index (χ2n) is 8.63. The van der Waals surface area contributed by atoms with Crippen molar-refractivity contribution in [3.05, 3.63) is 33.7 Å². The summed E-state index contributed by atoms with van der Waals surface area (Å²) in [7, 11) is 3.51. The Kier molecular flexibility index (Phi) is 5.19. The molecule has 0 radical (unpaired) electrons. The summed E-state index contributed by atoms with van der Waals surface area (Å²) < 4.78 is 0. The molecular formula is C22H31N3OS. The predicted molar refractivity (Wildman–Crippen MR) is 118 cm³/mol. The van der Waals surface area contributed by atoms with E-state index in [4.69, 9.17) is 0 Å². The smallest absolute Gasteiger partial charge is 0.266 e. The van der Waals surface area contributed by atoms with E-state index >= 15 is 0 Å². The van der Waals surface area contributed by atoms with Gasteiger partial charge in [-0.1, -0.05) is 6.92 Å². The van der Waals surface area contributed by atoms with Crippen molar-refractivity contribution < 1.29 is 4.79 Å². The van der Waals surface area contributed by atoms with Crippen LogP contribution >= 0.6 is 11.8 Å². The zero-order valence-electron chi connectivity index (χ0n) is 17.8. The summed E-state index contributed by atoms with van der Waals surface area (Å²) in [6.07, 6.45) is 3.16. The van der Waals surface area contributed by atoms with E-state index in [1.54, 1.807) is 19.0 Å². The molecule has 4 nitrogen and oxygen atoms in total. The van der Waals surface area contributed by atoms with Crippen molar-refractivity contribution in [2.45, 2.75) is 65.5 Å². The van der Waals surface area contributed by atoms with Gasteiger partial charge in [-0.25, -0.2) is 0 Å². The lowest BCUT2D eigenvalue weighted by atomic mass is 9.78. The first-order chi connectivity index (χ1) is 12.6. The maximum absolute atomic E-state index is 12.5. The summed E-state index contributed by atoms with van der Waals surface area (Å²) >= 11 is 1.45. The summed E-state index contributed by atoms with van der Waals surface area (Å²) in [5, 5.41) is 0.753. The molecule has 1 aromatic rings. The minimum atomic E-state index is 0.0238. The largest absolute Gasteiger partial charge is 0.364 e. The van der Waals surface area contributed by atoms with E-state index in [1.165, 1.54) is 28.6 Å². The van der Waals surface area contributed by atoms with Crippen molar-refractivity contribution in [3.63, 3.8) is 0 Å². The number of nitrogens with zero attached hydrogens (tertiary/aromatic N) is 3. The van der Waals surface area contributed by atoms with Crippen molar-refractivity contribution >= 4 is 34.6 Å². The molecule has 5 heteroatoms. The van der Waals surface area contributed by atoms with Crippen LogP contribution < -0.4 is 4.90 Å². The number of thioether (sulfide) groups is 1. The molecule has 0 bridgehead atoms. The van der Waals surface area contributed by atoms with Crippen LogP contribution in [0.2, 0.25) is 0 Å². The van der Waals surface area contributed by atoms with Crippen LogP contribution in [0, 0.1) is 6.92 Å². The van der Waals surface area contributed by atoms with Crippen LogP contribution in [-0.2, 0) is 4.79 Å². The van der Waals surface area contributed by atoms with E-state index < -0.39 is 0 Å². The number of rotatable bonds is 2. The molecule has 3 rings (SSSR count). The van der Waals surface area contributed by atoms with E-state index in [-0.39, 0.29) is 11.4 Å². The molecular weight excluding hydrogens is 354 g/mol. The number of anilines is 1. The minimum Gasteiger partial charge on any atom is -0.364 e. The first-order valence-electron chi connectivity index (χ1n) is 9.65. The number of hydrogen-bond donors (Lipinski definition) is 0. The van der Waals surface area contributed by atoms with Crippen LogP contribution in [0.1, 0.15) is 63.6 Å². The number of amidine groups is 1. The van der Waals surface area contributed by atoms with Crippen LogP contribution in [0.25, 0.3) is 6.08 Å². The van der Waals surface area contributed by atoms with E-state index in [0.29, 0.717) is 12.0 Å². The number of amides is 1. The second-order valence-corrected chi connectivity index (χ2v) is 9.64. The number of hydrogen-bond acceptors (Lipinski definition) is 4. The Labute approximate surface area is 167 Å². The average molecular weight is 386 g/mol.